The van der Waals surface area contributed by atoms with Crippen molar-refractivity contribution in [3.05, 3.63) is 148 Å². The number of nitro groups is 1. The van der Waals surface area contributed by atoms with E-state index >= 15 is 0 Å². The molecule has 304 valence electrons. The van der Waals surface area contributed by atoms with Gasteiger partial charge in [0.1, 0.15) is 5.69 Å². The first-order valence-electron chi connectivity index (χ1n) is 19.4. The van der Waals surface area contributed by atoms with Crippen molar-refractivity contribution in [1.29, 1.82) is 0 Å². The molecule has 1 heterocycles. The summed E-state index contributed by atoms with van der Waals surface area (Å²) in [6.07, 6.45) is 0.745. The minimum absolute atomic E-state index is 0.0201. The number of thioether (sulfide) groups is 1. The zero-order valence-electron chi connectivity index (χ0n) is 33.1. The molecule has 5 aromatic carbocycles. The SMILES string of the molecule is CCOP(=O)(NC(=O)c1ccc(N2CCN(Cc3ccccc3-c3ccc(Cl)cc3)CC2)cc1)c1ccc(N[C@H](CCN(C)C)CSc2ccccc2)c([N+](=O)[O-])c1. The summed E-state index contributed by atoms with van der Waals surface area (Å²) in [6, 6.07) is 37.8. The quantitative estimate of drug-likeness (QED) is 0.0383. The van der Waals surface area contributed by atoms with Gasteiger partial charge in [-0.1, -0.05) is 66.2 Å². The Bertz CT molecular complexity index is 2190. The number of carbonyl (C=O) groups is 1. The summed E-state index contributed by atoms with van der Waals surface area (Å²) < 4.78 is 20.0. The van der Waals surface area contributed by atoms with Crippen LogP contribution in [0, 0.1) is 10.1 Å². The maximum Gasteiger partial charge on any atom is 0.326 e. The standard InChI is InChI=1S/C44H50ClN6O5PS/c1-4-56-57(55,39-22-23-42(43(30-39)51(53)54)46-37(24-25-48(2)3)32-58-40-11-6-5-7-12-40)47-44(52)34-16-20-38(21-17-34)50-28-26-49(27-29-50)31-35-10-8-9-13-41(35)33-14-18-36(45)19-15-33/h5-23,30,37,46H,4,24-29,31-32H2,1-3H3,(H,47,52,55)/t37-,57?/m1/s1. The van der Waals surface area contributed by atoms with Crippen LogP contribution in [-0.4, -0.2) is 85.9 Å². The fourth-order valence-corrected chi connectivity index (χ4v) is 9.66. The lowest BCUT2D eigenvalue weighted by Gasteiger charge is -2.36. The monoisotopic (exact) mass is 840 g/mol. The van der Waals surface area contributed by atoms with Gasteiger partial charge >= 0.3 is 7.52 Å². The first-order chi connectivity index (χ1) is 28.0. The molecule has 0 bridgehead atoms. The summed E-state index contributed by atoms with van der Waals surface area (Å²) in [5, 5.41) is 19.1. The Morgan fingerprint density at radius 2 is 1.62 bits per heavy atom. The van der Waals surface area contributed by atoms with Crippen LogP contribution >= 0.6 is 30.9 Å². The Balaban J connectivity index is 1.09. The van der Waals surface area contributed by atoms with Gasteiger partial charge in [0.05, 0.1) is 16.8 Å². The zero-order valence-corrected chi connectivity index (χ0v) is 35.5. The highest BCUT2D eigenvalue weighted by Crippen LogP contribution is 2.43. The Morgan fingerprint density at radius 3 is 2.29 bits per heavy atom. The molecule has 11 nitrogen and oxygen atoms in total. The van der Waals surface area contributed by atoms with Crippen molar-refractivity contribution in [2.24, 2.45) is 0 Å². The smallest absolute Gasteiger partial charge is 0.326 e. The van der Waals surface area contributed by atoms with E-state index in [1.807, 2.05) is 68.7 Å². The van der Waals surface area contributed by atoms with Crippen molar-refractivity contribution >= 4 is 59.2 Å². The number of hydrogen-bond donors (Lipinski definition) is 2. The molecule has 1 fully saturated rings. The number of nitrogens with zero attached hydrogens (tertiary/aromatic N) is 4. The number of rotatable bonds is 18. The lowest BCUT2D eigenvalue weighted by atomic mass is 9.99. The van der Waals surface area contributed by atoms with Crippen LogP contribution in [0.1, 0.15) is 29.3 Å². The predicted molar refractivity (Wildman–Crippen MR) is 238 cm³/mol. The lowest BCUT2D eigenvalue weighted by Crippen LogP contribution is -2.46. The van der Waals surface area contributed by atoms with Crippen molar-refractivity contribution in [2.45, 2.75) is 30.8 Å². The number of halogens is 1. The highest BCUT2D eigenvalue weighted by Gasteiger charge is 2.32. The third kappa shape index (κ3) is 11.5. The molecule has 0 saturated carbocycles. The van der Waals surface area contributed by atoms with Gasteiger partial charge in [0, 0.05) is 71.8 Å². The third-order valence-electron chi connectivity index (χ3n) is 9.99. The van der Waals surface area contributed by atoms with Crippen molar-refractivity contribution in [2.75, 3.05) is 69.4 Å². The molecule has 0 spiro atoms. The zero-order chi connectivity index (χ0) is 41.1. The van der Waals surface area contributed by atoms with Gasteiger partial charge in [-0.3, -0.25) is 29.5 Å². The van der Waals surface area contributed by atoms with Crippen LogP contribution in [-0.2, 0) is 15.6 Å². The highest BCUT2D eigenvalue weighted by molar-refractivity contribution is 7.99. The third-order valence-corrected chi connectivity index (χ3v) is 13.5. The minimum Gasteiger partial charge on any atom is -0.376 e. The van der Waals surface area contributed by atoms with Gasteiger partial charge < -0.3 is 19.6 Å². The van der Waals surface area contributed by atoms with E-state index in [1.54, 1.807) is 36.9 Å². The van der Waals surface area contributed by atoms with E-state index in [-0.39, 0.29) is 23.6 Å². The van der Waals surface area contributed by atoms with Crippen LogP contribution in [0.2, 0.25) is 5.02 Å². The largest absolute Gasteiger partial charge is 0.376 e. The molecule has 1 aliphatic rings. The number of nitro benzene ring substituents is 1. The molecule has 5 aromatic rings. The number of hydrogen-bond acceptors (Lipinski definition) is 10. The molecule has 0 aromatic heterocycles. The van der Waals surface area contributed by atoms with Gasteiger partial charge in [-0.05, 0) is 111 Å². The van der Waals surface area contributed by atoms with Gasteiger partial charge in [0.25, 0.3) is 11.6 Å². The summed E-state index contributed by atoms with van der Waals surface area (Å²) in [4.78, 5) is 33.4. The summed E-state index contributed by atoms with van der Waals surface area (Å²) in [5.41, 5.74) is 4.94. The van der Waals surface area contributed by atoms with Crippen molar-refractivity contribution < 1.29 is 18.8 Å². The number of nitrogens with one attached hydrogen (secondary N) is 2. The van der Waals surface area contributed by atoms with E-state index in [1.165, 1.54) is 23.3 Å². The molecule has 14 heteroatoms. The van der Waals surface area contributed by atoms with Gasteiger partial charge in [0.15, 0.2) is 0 Å². The van der Waals surface area contributed by atoms with Gasteiger partial charge in [0.2, 0.25) is 0 Å². The van der Waals surface area contributed by atoms with E-state index in [0.717, 1.165) is 61.8 Å². The second kappa shape index (κ2) is 20.3. The Labute approximate surface area is 350 Å². The van der Waals surface area contributed by atoms with E-state index in [2.05, 4.69) is 61.5 Å². The summed E-state index contributed by atoms with van der Waals surface area (Å²) in [6.45, 7) is 6.68. The van der Waals surface area contributed by atoms with Gasteiger partial charge in [-0.15, -0.1) is 11.8 Å². The Morgan fingerprint density at radius 1 is 0.931 bits per heavy atom. The molecular formula is C44H50ClN6O5PS. The van der Waals surface area contributed by atoms with E-state index in [9.17, 15) is 19.5 Å². The summed E-state index contributed by atoms with van der Waals surface area (Å²) in [5.74, 6) is 0.0826. The molecule has 58 heavy (non-hydrogen) atoms. The second-order valence-corrected chi connectivity index (χ2v) is 18.0. The van der Waals surface area contributed by atoms with Crippen LogP contribution in [0.4, 0.5) is 17.1 Å². The van der Waals surface area contributed by atoms with Crippen molar-refractivity contribution in [1.82, 2.24) is 14.9 Å². The Kier molecular flexibility index (Phi) is 15.0. The first kappa shape index (κ1) is 42.9. The Hall–Kier alpha value is -4.68. The van der Waals surface area contributed by atoms with Crippen molar-refractivity contribution in [3.8, 4) is 11.1 Å². The van der Waals surface area contributed by atoms with Gasteiger partial charge in [-0.2, -0.15) is 0 Å². The van der Waals surface area contributed by atoms with Crippen LogP contribution in [0.5, 0.6) is 0 Å². The fraction of sp³-hybridized carbons (Fsp3) is 0.295. The molecule has 6 rings (SSSR count). The summed E-state index contributed by atoms with van der Waals surface area (Å²) >= 11 is 7.80. The molecule has 1 unspecified atom stereocenters. The van der Waals surface area contributed by atoms with Crippen LogP contribution in [0.3, 0.4) is 0 Å². The molecule has 0 aliphatic carbocycles. The number of carbonyl (C=O) groups excluding carboxylic acids is 1. The van der Waals surface area contributed by atoms with Gasteiger partial charge in [-0.25, -0.2) is 0 Å². The van der Waals surface area contributed by atoms with E-state index < -0.39 is 18.4 Å². The topological polar surface area (TPSA) is 120 Å². The lowest BCUT2D eigenvalue weighted by molar-refractivity contribution is -0.383. The molecule has 2 N–H and O–H groups in total. The number of anilines is 2. The highest BCUT2D eigenvalue weighted by atomic mass is 35.5. The minimum atomic E-state index is -4.06. The normalized spacial score (nSPS) is 14.8. The van der Waals surface area contributed by atoms with E-state index in [4.69, 9.17) is 16.1 Å². The average molecular weight is 841 g/mol. The fourth-order valence-electron chi connectivity index (χ4n) is 6.87. The predicted octanol–water partition coefficient (Wildman–Crippen LogP) is 9.05. The number of piperazine rings is 1. The number of benzene rings is 5. The average Bonchev–Trinajstić information content (AvgIpc) is 3.23. The molecule has 1 aliphatic heterocycles. The maximum absolute atomic E-state index is 14.3. The second-order valence-electron chi connectivity index (χ2n) is 14.4. The summed E-state index contributed by atoms with van der Waals surface area (Å²) in [7, 11) is -0.0829. The van der Waals surface area contributed by atoms with Crippen LogP contribution in [0.15, 0.2) is 126 Å². The van der Waals surface area contributed by atoms with Crippen LogP contribution in [0.25, 0.3) is 11.1 Å². The first-order valence-corrected chi connectivity index (χ1v) is 22.4. The number of amides is 1. The molecule has 2 atom stereocenters. The van der Waals surface area contributed by atoms with Crippen molar-refractivity contribution in [3.63, 3.8) is 0 Å². The van der Waals surface area contributed by atoms with Crippen LogP contribution < -0.4 is 20.6 Å². The van der Waals surface area contributed by atoms with E-state index in [0.29, 0.717) is 22.0 Å². The molecule has 1 saturated heterocycles. The molecule has 1 amide bonds. The molecule has 0 radical (unpaired) electrons. The molecular weight excluding hydrogens is 791 g/mol. The maximum atomic E-state index is 14.3.